The molecular formula is C20H19ClN4O2. The van der Waals surface area contributed by atoms with Gasteiger partial charge in [-0.05, 0) is 36.6 Å². The van der Waals surface area contributed by atoms with Gasteiger partial charge in [-0.15, -0.1) is 0 Å². The number of nitrogens with zero attached hydrogens (tertiary/aromatic N) is 3. The molecule has 138 valence electrons. The van der Waals surface area contributed by atoms with Crippen LogP contribution in [0.25, 0.3) is 11.3 Å². The predicted molar refractivity (Wildman–Crippen MR) is 101 cm³/mol. The fourth-order valence-corrected chi connectivity index (χ4v) is 3.16. The van der Waals surface area contributed by atoms with Gasteiger partial charge in [0.2, 0.25) is 5.89 Å². The van der Waals surface area contributed by atoms with Crippen molar-refractivity contribution in [1.82, 2.24) is 20.4 Å². The van der Waals surface area contributed by atoms with Crippen molar-refractivity contribution >= 4 is 17.5 Å². The number of benzene rings is 1. The van der Waals surface area contributed by atoms with E-state index in [1.807, 2.05) is 30.3 Å². The van der Waals surface area contributed by atoms with Crippen LogP contribution in [0.4, 0.5) is 0 Å². The molecule has 1 amide bonds. The van der Waals surface area contributed by atoms with Gasteiger partial charge in [0.25, 0.3) is 5.91 Å². The van der Waals surface area contributed by atoms with E-state index in [-0.39, 0.29) is 11.9 Å². The van der Waals surface area contributed by atoms with E-state index in [9.17, 15) is 4.79 Å². The van der Waals surface area contributed by atoms with Crippen LogP contribution in [0.5, 0.6) is 0 Å². The summed E-state index contributed by atoms with van der Waals surface area (Å²) in [4.78, 5) is 21.6. The van der Waals surface area contributed by atoms with Crippen LogP contribution in [-0.2, 0) is 0 Å². The molecule has 1 saturated carbocycles. The Balaban J connectivity index is 1.55. The SMILES string of the molecule is Cc1nc(C(CC2CC2)NC(=O)c2cccc(-c3cccc(Cl)c3)n2)no1. The highest BCUT2D eigenvalue weighted by atomic mass is 35.5. The van der Waals surface area contributed by atoms with Gasteiger partial charge in [0.15, 0.2) is 5.82 Å². The molecule has 3 aromatic rings. The van der Waals surface area contributed by atoms with Crippen LogP contribution in [0.3, 0.4) is 0 Å². The van der Waals surface area contributed by atoms with Gasteiger partial charge in [-0.3, -0.25) is 4.79 Å². The molecule has 1 aromatic carbocycles. The third-order valence-corrected chi connectivity index (χ3v) is 4.76. The average molecular weight is 383 g/mol. The van der Waals surface area contributed by atoms with E-state index in [0.29, 0.717) is 34.0 Å². The van der Waals surface area contributed by atoms with E-state index in [1.54, 1.807) is 19.1 Å². The van der Waals surface area contributed by atoms with Gasteiger partial charge >= 0.3 is 0 Å². The molecule has 2 heterocycles. The van der Waals surface area contributed by atoms with E-state index in [2.05, 4.69) is 20.4 Å². The van der Waals surface area contributed by atoms with Crippen molar-refractivity contribution in [3.63, 3.8) is 0 Å². The van der Waals surface area contributed by atoms with Crippen LogP contribution in [0, 0.1) is 12.8 Å². The predicted octanol–water partition coefficient (Wildman–Crippen LogP) is 4.36. The molecule has 0 aliphatic heterocycles. The maximum atomic E-state index is 12.8. The number of carbonyl (C=O) groups excluding carboxylic acids is 1. The second kappa shape index (κ2) is 7.48. The summed E-state index contributed by atoms with van der Waals surface area (Å²) in [5.74, 6) is 1.34. The number of rotatable bonds is 6. The van der Waals surface area contributed by atoms with Crippen LogP contribution < -0.4 is 5.32 Å². The molecule has 1 atom stereocenters. The number of aryl methyl sites for hydroxylation is 1. The lowest BCUT2D eigenvalue weighted by Gasteiger charge is -2.15. The lowest BCUT2D eigenvalue weighted by molar-refractivity contribution is 0.0926. The number of aromatic nitrogens is 3. The Labute approximate surface area is 162 Å². The number of hydrogen-bond acceptors (Lipinski definition) is 5. The summed E-state index contributed by atoms with van der Waals surface area (Å²) in [5, 5.41) is 7.62. The summed E-state index contributed by atoms with van der Waals surface area (Å²) in [6, 6.07) is 12.5. The third kappa shape index (κ3) is 4.34. The Hall–Kier alpha value is -2.73. The zero-order chi connectivity index (χ0) is 18.8. The summed E-state index contributed by atoms with van der Waals surface area (Å²) in [6.45, 7) is 1.74. The minimum atomic E-state index is -0.279. The molecule has 1 aliphatic carbocycles. The Kier molecular flexibility index (Phi) is 4.90. The number of amides is 1. The highest BCUT2D eigenvalue weighted by Crippen LogP contribution is 2.37. The normalized spacial score (nSPS) is 14.7. The van der Waals surface area contributed by atoms with Crippen molar-refractivity contribution in [3.8, 4) is 11.3 Å². The largest absolute Gasteiger partial charge is 0.341 e. The smallest absolute Gasteiger partial charge is 0.270 e. The monoisotopic (exact) mass is 382 g/mol. The fourth-order valence-electron chi connectivity index (χ4n) is 2.97. The van der Waals surface area contributed by atoms with Gasteiger partial charge in [0.1, 0.15) is 5.69 Å². The van der Waals surface area contributed by atoms with Crippen molar-refractivity contribution < 1.29 is 9.32 Å². The summed E-state index contributed by atoms with van der Waals surface area (Å²) < 4.78 is 5.08. The number of pyridine rings is 1. The van der Waals surface area contributed by atoms with E-state index in [0.717, 1.165) is 12.0 Å². The molecule has 4 rings (SSSR count). The number of carbonyl (C=O) groups is 1. The minimum absolute atomic E-state index is 0.257. The van der Waals surface area contributed by atoms with Crippen LogP contribution in [0.2, 0.25) is 5.02 Å². The molecule has 0 saturated heterocycles. The molecule has 1 aliphatic rings. The zero-order valence-electron chi connectivity index (χ0n) is 14.9. The van der Waals surface area contributed by atoms with Crippen molar-refractivity contribution in [3.05, 3.63) is 64.9 Å². The van der Waals surface area contributed by atoms with Crippen molar-refractivity contribution in [2.75, 3.05) is 0 Å². The van der Waals surface area contributed by atoms with Crippen LogP contribution in [0.15, 0.2) is 47.0 Å². The molecule has 7 heteroatoms. The summed E-state index contributed by atoms with van der Waals surface area (Å²) in [6.07, 6.45) is 3.15. The highest BCUT2D eigenvalue weighted by Gasteiger charge is 2.30. The Bertz CT molecular complexity index is 968. The maximum Gasteiger partial charge on any atom is 0.270 e. The maximum absolute atomic E-state index is 12.8. The van der Waals surface area contributed by atoms with Crippen LogP contribution in [0.1, 0.15) is 47.5 Å². The first-order chi connectivity index (χ1) is 13.1. The summed E-state index contributed by atoms with van der Waals surface area (Å²) in [5.41, 5.74) is 1.90. The molecule has 6 nitrogen and oxygen atoms in total. The first-order valence-electron chi connectivity index (χ1n) is 8.92. The lowest BCUT2D eigenvalue weighted by Crippen LogP contribution is -2.30. The van der Waals surface area contributed by atoms with Crippen LogP contribution in [-0.4, -0.2) is 21.0 Å². The summed E-state index contributed by atoms with van der Waals surface area (Å²) in [7, 11) is 0. The van der Waals surface area contributed by atoms with E-state index >= 15 is 0 Å². The van der Waals surface area contributed by atoms with Crippen molar-refractivity contribution in [2.45, 2.75) is 32.2 Å². The first-order valence-corrected chi connectivity index (χ1v) is 9.30. The Morgan fingerprint density at radius 3 is 2.78 bits per heavy atom. The van der Waals surface area contributed by atoms with Gasteiger partial charge in [-0.1, -0.05) is 47.8 Å². The van der Waals surface area contributed by atoms with Gasteiger partial charge in [-0.25, -0.2) is 4.98 Å². The molecular weight excluding hydrogens is 364 g/mol. The minimum Gasteiger partial charge on any atom is -0.341 e. The van der Waals surface area contributed by atoms with E-state index < -0.39 is 0 Å². The van der Waals surface area contributed by atoms with Crippen LogP contribution >= 0.6 is 11.6 Å². The number of hydrogen-bond donors (Lipinski definition) is 1. The van der Waals surface area contributed by atoms with Gasteiger partial charge < -0.3 is 9.84 Å². The Morgan fingerprint density at radius 2 is 2.07 bits per heavy atom. The zero-order valence-corrected chi connectivity index (χ0v) is 15.6. The van der Waals surface area contributed by atoms with Gasteiger partial charge in [0, 0.05) is 17.5 Å². The number of nitrogens with one attached hydrogen (secondary N) is 1. The van der Waals surface area contributed by atoms with E-state index in [4.69, 9.17) is 16.1 Å². The molecule has 0 bridgehead atoms. The van der Waals surface area contributed by atoms with Crippen molar-refractivity contribution in [1.29, 1.82) is 0 Å². The summed E-state index contributed by atoms with van der Waals surface area (Å²) >= 11 is 6.06. The molecule has 0 spiro atoms. The molecule has 27 heavy (non-hydrogen) atoms. The standard InChI is InChI=1S/C20H19ClN4O2/c1-12-22-19(25-27-12)18(10-13-8-9-13)24-20(26)17-7-3-6-16(23-17)14-4-2-5-15(21)11-14/h2-7,11,13,18H,8-10H2,1H3,(H,24,26). The van der Waals surface area contributed by atoms with Crippen molar-refractivity contribution in [2.24, 2.45) is 5.92 Å². The average Bonchev–Trinajstić information content (AvgIpc) is 3.39. The molecule has 2 aromatic heterocycles. The highest BCUT2D eigenvalue weighted by molar-refractivity contribution is 6.30. The van der Waals surface area contributed by atoms with Gasteiger partial charge in [0.05, 0.1) is 11.7 Å². The molecule has 1 unspecified atom stereocenters. The second-order valence-corrected chi connectivity index (χ2v) is 7.23. The molecule has 1 N–H and O–H groups in total. The Morgan fingerprint density at radius 1 is 1.26 bits per heavy atom. The fraction of sp³-hybridized carbons (Fsp3) is 0.300. The second-order valence-electron chi connectivity index (χ2n) is 6.80. The first kappa shape index (κ1) is 17.7. The molecule has 1 fully saturated rings. The quantitative estimate of drug-likeness (QED) is 0.684. The lowest BCUT2D eigenvalue weighted by atomic mass is 10.1. The third-order valence-electron chi connectivity index (χ3n) is 4.53. The number of halogens is 1. The molecule has 0 radical (unpaired) electrons. The van der Waals surface area contributed by atoms with Gasteiger partial charge in [-0.2, -0.15) is 4.98 Å². The topological polar surface area (TPSA) is 80.9 Å². The van der Waals surface area contributed by atoms with E-state index in [1.165, 1.54) is 12.8 Å².